The van der Waals surface area contributed by atoms with Crippen LogP contribution in [0.4, 0.5) is 0 Å². The standard InChI is InChI=1S/C15H28N4O/c1-12-10-14(3)19(17-12)11-13(2)16-15-4-6-18(7-5-15)8-9-20/h10,13,15-16,20H,4-9,11H2,1-3H3/t13-/m1/s1. The number of rotatable bonds is 6. The second kappa shape index (κ2) is 7.20. The Hall–Kier alpha value is -0.910. The third kappa shape index (κ3) is 4.30. The SMILES string of the molecule is Cc1cc(C)n(C[C@@H](C)NC2CCN(CCO)CC2)n1. The summed E-state index contributed by atoms with van der Waals surface area (Å²) >= 11 is 0. The summed E-state index contributed by atoms with van der Waals surface area (Å²) in [5.74, 6) is 0. The molecule has 20 heavy (non-hydrogen) atoms. The molecular formula is C15H28N4O. The van der Waals surface area contributed by atoms with Crippen molar-refractivity contribution in [1.29, 1.82) is 0 Å². The number of hydrogen-bond donors (Lipinski definition) is 2. The van der Waals surface area contributed by atoms with E-state index in [2.05, 4.69) is 39.9 Å². The zero-order chi connectivity index (χ0) is 14.5. The first-order chi connectivity index (χ1) is 9.58. The molecule has 1 aromatic rings. The van der Waals surface area contributed by atoms with Crippen LogP contribution in [0.25, 0.3) is 0 Å². The largest absolute Gasteiger partial charge is 0.395 e. The second-order valence-electron chi connectivity index (χ2n) is 6.02. The first-order valence-electron chi connectivity index (χ1n) is 7.69. The fourth-order valence-corrected chi connectivity index (χ4v) is 3.04. The average Bonchev–Trinajstić information content (AvgIpc) is 2.70. The number of nitrogens with one attached hydrogen (secondary N) is 1. The molecule has 0 bridgehead atoms. The Balaban J connectivity index is 1.75. The van der Waals surface area contributed by atoms with Gasteiger partial charge in [-0.2, -0.15) is 5.10 Å². The van der Waals surface area contributed by atoms with Gasteiger partial charge < -0.3 is 15.3 Å². The fourth-order valence-electron chi connectivity index (χ4n) is 3.04. The Kier molecular flexibility index (Phi) is 5.57. The molecule has 5 nitrogen and oxygen atoms in total. The molecule has 0 aliphatic carbocycles. The molecule has 0 radical (unpaired) electrons. The molecule has 0 saturated carbocycles. The van der Waals surface area contributed by atoms with Gasteiger partial charge >= 0.3 is 0 Å². The second-order valence-corrected chi connectivity index (χ2v) is 6.02. The van der Waals surface area contributed by atoms with Crippen LogP contribution in [0.5, 0.6) is 0 Å². The van der Waals surface area contributed by atoms with E-state index >= 15 is 0 Å². The van der Waals surface area contributed by atoms with Crippen molar-refractivity contribution in [1.82, 2.24) is 20.0 Å². The summed E-state index contributed by atoms with van der Waals surface area (Å²) in [4.78, 5) is 2.34. The quantitative estimate of drug-likeness (QED) is 0.814. The summed E-state index contributed by atoms with van der Waals surface area (Å²) in [6.07, 6.45) is 2.34. The van der Waals surface area contributed by atoms with E-state index in [-0.39, 0.29) is 6.61 Å². The van der Waals surface area contributed by atoms with Gasteiger partial charge in [-0.25, -0.2) is 0 Å². The molecule has 0 amide bonds. The Morgan fingerprint density at radius 2 is 2.10 bits per heavy atom. The van der Waals surface area contributed by atoms with Crippen LogP contribution < -0.4 is 5.32 Å². The van der Waals surface area contributed by atoms with E-state index in [1.54, 1.807) is 0 Å². The van der Waals surface area contributed by atoms with Gasteiger partial charge in [-0.1, -0.05) is 0 Å². The molecule has 0 spiro atoms. The van der Waals surface area contributed by atoms with Crippen LogP contribution in [0.3, 0.4) is 0 Å². The highest BCUT2D eigenvalue weighted by Gasteiger charge is 2.20. The number of aliphatic hydroxyl groups is 1. The van der Waals surface area contributed by atoms with Gasteiger partial charge in [-0.15, -0.1) is 0 Å². The smallest absolute Gasteiger partial charge is 0.0596 e. The van der Waals surface area contributed by atoms with Gasteiger partial charge in [-0.3, -0.25) is 4.68 Å². The fraction of sp³-hybridized carbons (Fsp3) is 0.800. The zero-order valence-electron chi connectivity index (χ0n) is 13.0. The number of nitrogens with zero attached hydrogens (tertiary/aromatic N) is 3. The first-order valence-corrected chi connectivity index (χ1v) is 7.69. The predicted octanol–water partition coefficient (Wildman–Crippen LogP) is 0.935. The summed E-state index contributed by atoms with van der Waals surface area (Å²) in [5, 5.41) is 17.2. The lowest BCUT2D eigenvalue weighted by atomic mass is 10.0. The summed E-state index contributed by atoms with van der Waals surface area (Å²) in [5.41, 5.74) is 2.32. The number of hydrogen-bond acceptors (Lipinski definition) is 4. The minimum absolute atomic E-state index is 0.270. The highest BCUT2D eigenvalue weighted by Crippen LogP contribution is 2.11. The van der Waals surface area contributed by atoms with Crippen molar-refractivity contribution in [2.45, 2.75) is 52.2 Å². The molecule has 1 aliphatic rings. The van der Waals surface area contributed by atoms with Gasteiger partial charge in [0.1, 0.15) is 0 Å². The molecule has 2 N–H and O–H groups in total. The van der Waals surface area contributed by atoms with Gasteiger partial charge in [-0.05, 0) is 52.8 Å². The maximum Gasteiger partial charge on any atom is 0.0596 e. The van der Waals surface area contributed by atoms with Crippen LogP contribution in [0, 0.1) is 13.8 Å². The van der Waals surface area contributed by atoms with Crippen molar-refractivity contribution in [2.24, 2.45) is 0 Å². The predicted molar refractivity (Wildman–Crippen MR) is 80.8 cm³/mol. The molecule has 2 heterocycles. The van der Waals surface area contributed by atoms with Crippen molar-refractivity contribution >= 4 is 0 Å². The normalized spacial score (nSPS) is 19.4. The molecule has 114 valence electrons. The lowest BCUT2D eigenvalue weighted by molar-refractivity contribution is 0.152. The van der Waals surface area contributed by atoms with Crippen LogP contribution in [-0.2, 0) is 6.54 Å². The van der Waals surface area contributed by atoms with Crippen LogP contribution >= 0.6 is 0 Å². The van der Waals surface area contributed by atoms with E-state index in [1.807, 2.05) is 6.92 Å². The van der Waals surface area contributed by atoms with E-state index in [1.165, 1.54) is 18.5 Å². The van der Waals surface area contributed by atoms with E-state index < -0.39 is 0 Å². The van der Waals surface area contributed by atoms with E-state index in [9.17, 15) is 0 Å². The lowest BCUT2D eigenvalue weighted by Crippen LogP contribution is -2.47. The molecular weight excluding hydrogens is 252 g/mol. The van der Waals surface area contributed by atoms with Crippen molar-refractivity contribution in [3.63, 3.8) is 0 Å². The summed E-state index contributed by atoms with van der Waals surface area (Å²) < 4.78 is 2.09. The molecule has 1 aliphatic heterocycles. The van der Waals surface area contributed by atoms with Crippen molar-refractivity contribution in [2.75, 3.05) is 26.2 Å². The molecule has 1 atom stereocenters. The summed E-state index contributed by atoms with van der Waals surface area (Å²) in [6, 6.07) is 3.15. The average molecular weight is 280 g/mol. The van der Waals surface area contributed by atoms with Gasteiger partial charge in [0.15, 0.2) is 0 Å². The Morgan fingerprint density at radius 3 is 2.65 bits per heavy atom. The molecule has 1 saturated heterocycles. The van der Waals surface area contributed by atoms with Crippen LogP contribution in [-0.4, -0.2) is 58.1 Å². The van der Waals surface area contributed by atoms with E-state index in [0.29, 0.717) is 12.1 Å². The Labute approximate surface area is 122 Å². The first kappa shape index (κ1) is 15.5. The molecule has 1 aromatic heterocycles. The topological polar surface area (TPSA) is 53.3 Å². The number of β-amino-alcohol motifs (C(OH)–C–C–N with tert-alkyl or cyclic N) is 1. The zero-order valence-corrected chi connectivity index (χ0v) is 13.0. The highest BCUT2D eigenvalue weighted by molar-refractivity contribution is 5.06. The monoisotopic (exact) mass is 280 g/mol. The molecule has 2 rings (SSSR count). The van der Waals surface area contributed by atoms with Gasteiger partial charge in [0.2, 0.25) is 0 Å². The van der Waals surface area contributed by atoms with Crippen LogP contribution in [0.1, 0.15) is 31.2 Å². The number of aryl methyl sites for hydroxylation is 2. The molecule has 0 aromatic carbocycles. The van der Waals surface area contributed by atoms with Crippen molar-refractivity contribution < 1.29 is 5.11 Å². The molecule has 0 unspecified atom stereocenters. The van der Waals surface area contributed by atoms with E-state index in [0.717, 1.165) is 31.9 Å². The number of aromatic nitrogens is 2. The summed E-state index contributed by atoms with van der Waals surface area (Å²) in [6.45, 7) is 10.6. The third-order valence-electron chi connectivity index (χ3n) is 4.07. The number of piperidine rings is 1. The number of aliphatic hydroxyl groups excluding tert-OH is 1. The maximum atomic E-state index is 8.95. The van der Waals surface area contributed by atoms with Crippen LogP contribution in [0.15, 0.2) is 6.07 Å². The van der Waals surface area contributed by atoms with Gasteiger partial charge in [0.05, 0.1) is 18.8 Å². The van der Waals surface area contributed by atoms with Gasteiger partial charge in [0.25, 0.3) is 0 Å². The minimum Gasteiger partial charge on any atom is -0.395 e. The lowest BCUT2D eigenvalue weighted by Gasteiger charge is -2.33. The molecule has 5 heteroatoms. The highest BCUT2D eigenvalue weighted by atomic mass is 16.3. The Morgan fingerprint density at radius 1 is 1.40 bits per heavy atom. The van der Waals surface area contributed by atoms with Crippen molar-refractivity contribution in [3.8, 4) is 0 Å². The van der Waals surface area contributed by atoms with Gasteiger partial charge in [0, 0.05) is 24.3 Å². The maximum absolute atomic E-state index is 8.95. The Bertz CT molecular complexity index is 410. The van der Waals surface area contributed by atoms with E-state index in [4.69, 9.17) is 5.11 Å². The van der Waals surface area contributed by atoms with Crippen LogP contribution in [0.2, 0.25) is 0 Å². The minimum atomic E-state index is 0.270. The number of likely N-dealkylation sites (tertiary alicyclic amines) is 1. The third-order valence-corrected chi connectivity index (χ3v) is 4.07. The molecule has 1 fully saturated rings. The summed E-state index contributed by atoms with van der Waals surface area (Å²) in [7, 11) is 0. The van der Waals surface area contributed by atoms with Crippen molar-refractivity contribution in [3.05, 3.63) is 17.5 Å².